The van der Waals surface area contributed by atoms with Gasteiger partial charge in [-0.2, -0.15) is 0 Å². The number of fused-ring (bicyclic) bond motifs is 1. The molecule has 124 valence electrons. The molecule has 0 spiro atoms. The smallest absolute Gasteiger partial charge is 0.352 e. The summed E-state index contributed by atoms with van der Waals surface area (Å²) in [7, 11) is 3.13. The van der Waals surface area contributed by atoms with Crippen molar-refractivity contribution in [2.75, 3.05) is 14.2 Å². The van der Waals surface area contributed by atoms with Gasteiger partial charge in [0.2, 0.25) is 0 Å². The Labute approximate surface area is 140 Å². The summed E-state index contributed by atoms with van der Waals surface area (Å²) in [6, 6.07) is 13.3. The topological polar surface area (TPSA) is 60.7 Å². The summed E-state index contributed by atoms with van der Waals surface area (Å²) in [5, 5.41) is 10.4. The Bertz CT molecular complexity index is 911. The van der Waals surface area contributed by atoms with Crippen LogP contribution in [-0.2, 0) is 6.54 Å². The molecule has 0 amide bonds. The van der Waals surface area contributed by atoms with E-state index in [9.17, 15) is 9.90 Å². The van der Waals surface area contributed by atoms with Crippen molar-refractivity contribution in [2.45, 2.75) is 13.5 Å². The number of aromatic nitrogens is 1. The van der Waals surface area contributed by atoms with E-state index in [1.165, 1.54) is 0 Å². The van der Waals surface area contributed by atoms with Gasteiger partial charge in [-0.15, -0.1) is 0 Å². The zero-order valence-corrected chi connectivity index (χ0v) is 13.9. The van der Waals surface area contributed by atoms with Crippen LogP contribution in [0, 0.1) is 6.92 Å². The van der Waals surface area contributed by atoms with Crippen LogP contribution in [0.5, 0.6) is 11.5 Å². The van der Waals surface area contributed by atoms with Crippen LogP contribution in [0.25, 0.3) is 10.9 Å². The number of hydrogen-bond donors (Lipinski definition) is 1. The quantitative estimate of drug-likeness (QED) is 0.777. The van der Waals surface area contributed by atoms with Crippen LogP contribution in [0.2, 0.25) is 0 Å². The van der Waals surface area contributed by atoms with Gasteiger partial charge >= 0.3 is 5.97 Å². The van der Waals surface area contributed by atoms with Gasteiger partial charge in [-0.05, 0) is 24.6 Å². The Hall–Kier alpha value is -2.95. The first-order valence-electron chi connectivity index (χ1n) is 7.57. The van der Waals surface area contributed by atoms with Crippen molar-refractivity contribution in [3.05, 3.63) is 59.3 Å². The summed E-state index contributed by atoms with van der Waals surface area (Å²) in [5.74, 6) is 0.192. The number of carboxylic acids is 1. The highest BCUT2D eigenvalue weighted by molar-refractivity contribution is 5.96. The number of methoxy groups -OCH3 is 2. The van der Waals surface area contributed by atoms with Crippen molar-refractivity contribution in [1.82, 2.24) is 4.57 Å². The number of rotatable bonds is 5. The summed E-state index contributed by atoms with van der Waals surface area (Å²) in [6.45, 7) is 2.49. The van der Waals surface area contributed by atoms with Crippen molar-refractivity contribution in [3.8, 4) is 11.5 Å². The van der Waals surface area contributed by atoms with Gasteiger partial charge in [-0.1, -0.05) is 29.8 Å². The lowest BCUT2D eigenvalue weighted by Gasteiger charge is -2.12. The summed E-state index contributed by atoms with van der Waals surface area (Å²) in [5.41, 5.74) is 3.22. The Kier molecular flexibility index (Phi) is 4.16. The minimum absolute atomic E-state index is 0.238. The number of aromatic carboxylic acids is 1. The summed E-state index contributed by atoms with van der Waals surface area (Å²) >= 11 is 0. The lowest BCUT2D eigenvalue weighted by Crippen LogP contribution is -2.09. The minimum Gasteiger partial charge on any atom is -0.493 e. The lowest BCUT2D eigenvalue weighted by molar-refractivity contribution is 0.0686. The van der Waals surface area contributed by atoms with E-state index in [1.54, 1.807) is 30.9 Å². The van der Waals surface area contributed by atoms with E-state index in [4.69, 9.17) is 9.47 Å². The van der Waals surface area contributed by atoms with Crippen molar-refractivity contribution in [1.29, 1.82) is 0 Å². The zero-order valence-electron chi connectivity index (χ0n) is 13.9. The van der Waals surface area contributed by atoms with Gasteiger partial charge in [0.1, 0.15) is 5.69 Å². The maximum absolute atomic E-state index is 11.7. The van der Waals surface area contributed by atoms with E-state index in [-0.39, 0.29) is 5.69 Å². The van der Waals surface area contributed by atoms with Crippen LogP contribution in [0.15, 0.2) is 42.5 Å². The molecular weight excluding hydrogens is 306 g/mol. The van der Waals surface area contributed by atoms with Gasteiger partial charge in [0.25, 0.3) is 0 Å². The van der Waals surface area contributed by atoms with Gasteiger partial charge in [-0.25, -0.2) is 4.79 Å². The maximum Gasteiger partial charge on any atom is 0.352 e. The Morgan fingerprint density at radius 1 is 1.08 bits per heavy atom. The molecule has 0 atom stereocenters. The van der Waals surface area contributed by atoms with E-state index < -0.39 is 5.97 Å². The third kappa shape index (κ3) is 2.80. The number of aryl methyl sites for hydroxylation is 1. The third-order valence-electron chi connectivity index (χ3n) is 4.05. The van der Waals surface area contributed by atoms with Gasteiger partial charge in [0, 0.05) is 18.0 Å². The number of hydrogen-bond acceptors (Lipinski definition) is 3. The van der Waals surface area contributed by atoms with Crippen LogP contribution in [0.3, 0.4) is 0 Å². The zero-order chi connectivity index (χ0) is 17.3. The monoisotopic (exact) mass is 325 g/mol. The SMILES string of the molecule is COc1cc2cc(C(=O)O)n(Cc3cccc(C)c3)c2cc1OC. The second-order valence-corrected chi connectivity index (χ2v) is 5.68. The van der Waals surface area contributed by atoms with Gasteiger partial charge < -0.3 is 19.1 Å². The number of carboxylic acid groups (broad SMARTS) is 1. The highest BCUT2D eigenvalue weighted by Gasteiger charge is 2.17. The summed E-state index contributed by atoms with van der Waals surface area (Å²) in [4.78, 5) is 11.7. The third-order valence-corrected chi connectivity index (χ3v) is 4.05. The van der Waals surface area contributed by atoms with Crippen molar-refractivity contribution >= 4 is 16.9 Å². The van der Waals surface area contributed by atoms with Gasteiger partial charge in [0.05, 0.1) is 19.7 Å². The average molecular weight is 325 g/mol. The normalized spacial score (nSPS) is 10.8. The molecule has 0 aliphatic rings. The molecule has 1 heterocycles. The average Bonchev–Trinajstić information content (AvgIpc) is 2.91. The van der Waals surface area contributed by atoms with Crippen molar-refractivity contribution in [3.63, 3.8) is 0 Å². The predicted molar refractivity (Wildman–Crippen MR) is 92.3 cm³/mol. The van der Waals surface area contributed by atoms with E-state index >= 15 is 0 Å². The van der Waals surface area contributed by atoms with Gasteiger partial charge in [0.15, 0.2) is 11.5 Å². The molecule has 5 heteroatoms. The molecule has 0 saturated heterocycles. The second-order valence-electron chi connectivity index (χ2n) is 5.68. The molecule has 3 rings (SSSR count). The Morgan fingerprint density at radius 2 is 1.79 bits per heavy atom. The molecule has 0 bridgehead atoms. The molecule has 24 heavy (non-hydrogen) atoms. The molecule has 0 fully saturated rings. The number of benzene rings is 2. The number of nitrogens with zero attached hydrogens (tertiary/aromatic N) is 1. The van der Waals surface area contributed by atoms with Crippen LogP contribution in [-0.4, -0.2) is 29.9 Å². The van der Waals surface area contributed by atoms with Crippen LogP contribution >= 0.6 is 0 Å². The fourth-order valence-electron chi connectivity index (χ4n) is 2.93. The summed E-state index contributed by atoms with van der Waals surface area (Å²) < 4.78 is 12.4. The van der Waals surface area contributed by atoms with Crippen LogP contribution in [0.4, 0.5) is 0 Å². The van der Waals surface area contributed by atoms with Crippen LogP contribution < -0.4 is 9.47 Å². The minimum atomic E-state index is -0.961. The number of ether oxygens (including phenoxy) is 2. The molecule has 3 aromatic rings. The highest BCUT2D eigenvalue weighted by atomic mass is 16.5. The molecule has 0 saturated carbocycles. The van der Waals surface area contributed by atoms with E-state index in [2.05, 4.69) is 6.07 Å². The molecule has 2 aromatic carbocycles. The Balaban J connectivity index is 2.19. The van der Waals surface area contributed by atoms with Crippen LogP contribution in [0.1, 0.15) is 21.6 Å². The van der Waals surface area contributed by atoms with Crippen molar-refractivity contribution in [2.24, 2.45) is 0 Å². The van der Waals surface area contributed by atoms with E-state index in [1.807, 2.05) is 31.2 Å². The molecule has 1 aromatic heterocycles. The largest absolute Gasteiger partial charge is 0.493 e. The molecule has 0 aliphatic heterocycles. The first-order valence-corrected chi connectivity index (χ1v) is 7.57. The fraction of sp³-hybridized carbons (Fsp3) is 0.211. The first-order chi connectivity index (χ1) is 11.5. The predicted octanol–water partition coefficient (Wildman–Crippen LogP) is 3.71. The van der Waals surface area contributed by atoms with E-state index in [0.717, 1.165) is 22.0 Å². The molecule has 5 nitrogen and oxygen atoms in total. The number of carbonyl (C=O) groups is 1. The second kappa shape index (κ2) is 6.28. The fourth-order valence-corrected chi connectivity index (χ4v) is 2.93. The summed E-state index contributed by atoms with van der Waals surface area (Å²) in [6.07, 6.45) is 0. The van der Waals surface area contributed by atoms with Gasteiger partial charge in [-0.3, -0.25) is 0 Å². The molecule has 1 N–H and O–H groups in total. The molecular formula is C19H19NO4. The first kappa shape index (κ1) is 15.9. The lowest BCUT2D eigenvalue weighted by atomic mass is 10.1. The molecule has 0 unspecified atom stereocenters. The van der Waals surface area contributed by atoms with E-state index in [0.29, 0.717) is 18.0 Å². The maximum atomic E-state index is 11.7. The molecule has 0 aliphatic carbocycles. The molecule has 0 radical (unpaired) electrons. The van der Waals surface area contributed by atoms with Crippen molar-refractivity contribution < 1.29 is 19.4 Å². The standard InChI is InChI=1S/C19H19NO4/c1-12-5-4-6-13(7-12)11-20-15-10-18(24-3)17(23-2)9-14(15)8-16(20)19(21)22/h4-10H,11H2,1-3H3,(H,21,22). The Morgan fingerprint density at radius 3 is 2.42 bits per heavy atom. The highest BCUT2D eigenvalue weighted by Crippen LogP contribution is 2.34.